The topological polar surface area (TPSA) is 26.0 Å². The smallest absolute Gasteiger partial charge is 0.0452 e. The summed E-state index contributed by atoms with van der Waals surface area (Å²) in [5.74, 6) is 0.990. The molecule has 2 N–H and O–H groups in total. The van der Waals surface area contributed by atoms with Crippen molar-refractivity contribution in [1.82, 2.24) is 0 Å². The van der Waals surface area contributed by atoms with E-state index in [0.29, 0.717) is 0 Å². The van der Waals surface area contributed by atoms with Gasteiger partial charge in [-0.05, 0) is 31.5 Å². The lowest BCUT2D eigenvalue weighted by Crippen LogP contribution is -1.89. The van der Waals surface area contributed by atoms with Gasteiger partial charge >= 0.3 is 0 Å². The second-order valence-corrected chi connectivity index (χ2v) is 3.98. The van der Waals surface area contributed by atoms with Crippen LogP contribution in [0.4, 0.5) is 5.69 Å². The van der Waals surface area contributed by atoms with Crippen LogP contribution in [0.15, 0.2) is 35.2 Å². The van der Waals surface area contributed by atoms with Crippen LogP contribution in [-0.4, -0.2) is 5.75 Å². The average molecular weight is 193 g/mol. The Balaban J connectivity index is 2.69. The minimum Gasteiger partial charge on any atom is -0.398 e. The molecule has 0 bridgehead atoms. The van der Waals surface area contributed by atoms with Crippen molar-refractivity contribution in [2.24, 2.45) is 0 Å². The zero-order chi connectivity index (χ0) is 9.68. The molecule has 1 aromatic rings. The van der Waals surface area contributed by atoms with Gasteiger partial charge in [0.2, 0.25) is 0 Å². The lowest BCUT2D eigenvalue weighted by molar-refractivity contribution is 1.36. The average Bonchev–Trinajstić information content (AvgIpc) is 2.11. The summed E-state index contributed by atoms with van der Waals surface area (Å²) in [4.78, 5) is 1.18. The van der Waals surface area contributed by atoms with Crippen LogP contribution in [0.5, 0.6) is 0 Å². The molecule has 0 radical (unpaired) electrons. The van der Waals surface area contributed by atoms with Gasteiger partial charge in [-0.15, -0.1) is 11.8 Å². The first kappa shape index (κ1) is 10.2. The number of aryl methyl sites for hydroxylation is 1. The maximum absolute atomic E-state index is 5.83. The number of benzene rings is 1. The molecule has 70 valence electrons. The molecule has 0 amide bonds. The molecule has 0 fully saturated rings. The standard InChI is InChI=1S/C11H15NS/c1-3-4-7-13-11-8-9(2)5-6-10(11)12/h3-6,8H,7,12H2,1-2H3/b4-3+. The fraction of sp³-hybridized carbons (Fsp3) is 0.273. The van der Waals surface area contributed by atoms with Crippen LogP contribution >= 0.6 is 11.8 Å². The number of nitrogen functional groups attached to an aromatic ring is 1. The van der Waals surface area contributed by atoms with Crippen molar-refractivity contribution in [3.8, 4) is 0 Å². The Hall–Kier alpha value is -0.890. The first-order valence-electron chi connectivity index (χ1n) is 4.34. The fourth-order valence-electron chi connectivity index (χ4n) is 1.00. The molecular formula is C11H15NS. The molecule has 0 saturated heterocycles. The second-order valence-electron chi connectivity index (χ2n) is 2.92. The number of allylic oxidation sites excluding steroid dienone is 1. The lowest BCUT2D eigenvalue weighted by Gasteiger charge is -2.04. The summed E-state index contributed by atoms with van der Waals surface area (Å²) in [5, 5.41) is 0. The van der Waals surface area contributed by atoms with Gasteiger partial charge in [-0.2, -0.15) is 0 Å². The summed E-state index contributed by atoms with van der Waals surface area (Å²) >= 11 is 1.77. The predicted octanol–water partition coefficient (Wildman–Crippen LogP) is 3.25. The van der Waals surface area contributed by atoms with E-state index in [1.165, 1.54) is 10.5 Å². The third-order valence-electron chi connectivity index (χ3n) is 1.74. The van der Waals surface area contributed by atoms with E-state index in [4.69, 9.17) is 5.73 Å². The summed E-state index contributed by atoms with van der Waals surface area (Å²) < 4.78 is 0. The second kappa shape index (κ2) is 4.97. The summed E-state index contributed by atoms with van der Waals surface area (Å²) in [6.45, 7) is 4.11. The summed E-state index contributed by atoms with van der Waals surface area (Å²) in [5.41, 5.74) is 7.96. The molecule has 0 aliphatic heterocycles. The quantitative estimate of drug-likeness (QED) is 0.453. The van der Waals surface area contributed by atoms with E-state index >= 15 is 0 Å². The van der Waals surface area contributed by atoms with Crippen molar-refractivity contribution in [3.05, 3.63) is 35.9 Å². The van der Waals surface area contributed by atoms with Gasteiger partial charge in [0.05, 0.1) is 0 Å². The van der Waals surface area contributed by atoms with E-state index in [2.05, 4.69) is 25.1 Å². The van der Waals surface area contributed by atoms with Crippen molar-refractivity contribution < 1.29 is 0 Å². The van der Waals surface area contributed by atoms with Gasteiger partial charge in [0.25, 0.3) is 0 Å². The Morgan fingerprint density at radius 3 is 2.92 bits per heavy atom. The van der Waals surface area contributed by atoms with Gasteiger partial charge in [-0.1, -0.05) is 18.2 Å². The number of hydrogen-bond acceptors (Lipinski definition) is 2. The molecule has 0 atom stereocenters. The fourth-order valence-corrected chi connectivity index (χ4v) is 1.97. The van der Waals surface area contributed by atoms with Crippen molar-refractivity contribution in [1.29, 1.82) is 0 Å². The number of thioether (sulfide) groups is 1. The molecule has 13 heavy (non-hydrogen) atoms. The Morgan fingerprint density at radius 2 is 2.23 bits per heavy atom. The molecule has 2 heteroatoms. The molecule has 1 aromatic carbocycles. The molecule has 0 saturated carbocycles. The van der Waals surface area contributed by atoms with Crippen LogP contribution in [0.3, 0.4) is 0 Å². The molecule has 0 aromatic heterocycles. The minimum atomic E-state index is 0.875. The van der Waals surface area contributed by atoms with Crippen LogP contribution in [0.25, 0.3) is 0 Å². The Labute approximate surface area is 84.0 Å². The van der Waals surface area contributed by atoms with Gasteiger partial charge in [-0.25, -0.2) is 0 Å². The zero-order valence-corrected chi connectivity index (χ0v) is 8.90. The number of rotatable bonds is 3. The number of hydrogen-bond donors (Lipinski definition) is 1. The van der Waals surface area contributed by atoms with Gasteiger partial charge < -0.3 is 5.73 Å². The monoisotopic (exact) mass is 193 g/mol. The predicted molar refractivity (Wildman–Crippen MR) is 61.1 cm³/mol. The van der Waals surface area contributed by atoms with Gasteiger partial charge in [0, 0.05) is 16.3 Å². The minimum absolute atomic E-state index is 0.875. The molecular weight excluding hydrogens is 178 g/mol. The normalized spacial score (nSPS) is 10.9. The highest BCUT2D eigenvalue weighted by molar-refractivity contribution is 7.99. The third kappa shape index (κ3) is 3.15. The summed E-state index contributed by atoms with van der Waals surface area (Å²) in [6.07, 6.45) is 4.19. The third-order valence-corrected chi connectivity index (χ3v) is 2.76. The molecule has 0 heterocycles. The van der Waals surface area contributed by atoms with Crippen molar-refractivity contribution in [2.75, 3.05) is 11.5 Å². The summed E-state index contributed by atoms with van der Waals surface area (Å²) in [6, 6.07) is 6.13. The maximum atomic E-state index is 5.83. The maximum Gasteiger partial charge on any atom is 0.0452 e. The SMILES string of the molecule is C/C=C/CSc1cc(C)ccc1N. The molecule has 1 nitrogen and oxygen atoms in total. The van der Waals surface area contributed by atoms with Crippen LogP contribution in [-0.2, 0) is 0 Å². The lowest BCUT2D eigenvalue weighted by atomic mass is 10.2. The van der Waals surface area contributed by atoms with Gasteiger partial charge in [-0.3, -0.25) is 0 Å². The highest BCUT2D eigenvalue weighted by atomic mass is 32.2. The highest BCUT2D eigenvalue weighted by Gasteiger charge is 1.97. The first-order valence-corrected chi connectivity index (χ1v) is 5.32. The van der Waals surface area contributed by atoms with E-state index in [9.17, 15) is 0 Å². The van der Waals surface area contributed by atoms with Gasteiger partial charge in [0.15, 0.2) is 0 Å². The van der Waals surface area contributed by atoms with Crippen molar-refractivity contribution in [2.45, 2.75) is 18.7 Å². The Bertz CT molecular complexity index is 305. The number of nitrogens with two attached hydrogens (primary N) is 1. The van der Waals surface area contributed by atoms with Crippen LogP contribution in [0.1, 0.15) is 12.5 Å². The van der Waals surface area contributed by atoms with Crippen LogP contribution in [0.2, 0.25) is 0 Å². The highest BCUT2D eigenvalue weighted by Crippen LogP contribution is 2.25. The van der Waals surface area contributed by atoms with Crippen LogP contribution in [0, 0.1) is 6.92 Å². The molecule has 0 spiro atoms. The van der Waals surface area contributed by atoms with E-state index < -0.39 is 0 Å². The van der Waals surface area contributed by atoms with E-state index in [1.54, 1.807) is 11.8 Å². The molecule has 1 rings (SSSR count). The van der Waals surface area contributed by atoms with E-state index in [1.807, 2.05) is 19.1 Å². The van der Waals surface area contributed by atoms with E-state index in [0.717, 1.165) is 11.4 Å². The Morgan fingerprint density at radius 1 is 1.46 bits per heavy atom. The van der Waals surface area contributed by atoms with E-state index in [-0.39, 0.29) is 0 Å². The molecule has 0 aliphatic carbocycles. The number of anilines is 1. The summed E-state index contributed by atoms with van der Waals surface area (Å²) in [7, 11) is 0. The molecule has 0 aliphatic rings. The largest absolute Gasteiger partial charge is 0.398 e. The van der Waals surface area contributed by atoms with Crippen molar-refractivity contribution >= 4 is 17.4 Å². The zero-order valence-electron chi connectivity index (χ0n) is 8.08. The first-order chi connectivity index (χ1) is 6.24. The molecule has 0 unspecified atom stereocenters. The van der Waals surface area contributed by atoms with Gasteiger partial charge in [0.1, 0.15) is 0 Å². The van der Waals surface area contributed by atoms with Crippen LogP contribution < -0.4 is 5.73 Å². The van der Waals surface area contributed by atoms with Crippen molar-refractivity contribution in [3.63, 3.8) is 0 Å². The Kier molecular flexibility index (Phi) is 3.90.